The van der Waals surface area contributed by atoms with E-state index in [0.29, 0.717) is 5.02 Å². The van der Waals surface area contributed by atoms with E-state index in [1.807, 2.05) is 40.8 Å². The smallest absolute Gasteiger partial charge is 0.257 e. The van der Waals surface area contributed by atoms with Gasteiger partial charge in [-0.15, -0.1) is 0 Å². The highest BCUT2D eigenvalue weighted by Crippen LogP contribution is 2.30. The maximum Gasteiger partial charge on any atom is 0.257 e. The van der Waals surface area contributed by atoms with Gasteiger partial charge in [0.05, 0.1) is 27.7 Å². The molecule has 0 aliphatic carbocycles. The van der Waals surface area contributed by atoms with Crippen LogP contribution in [-0.2, 0) is 0 Å². The summed E-state index contributed by atoms with van der Waals surface area (Å²) in [4.78, 5) is 14.9. The second-order valence-electron chi connectivity index (χ2n) is 6.36. The summed E-state index contributed by atoms with van der Waals surface area (Å²) in [5.41, 5.74) is 3.27. The maximum absolute atomic E-state index is 13.0. The molecule has 0 saturated carbocycles. The number of benzene rings is 1. The van der Waals surface area contributed by atoms with Gasteiger partial charge in [0.1, 0.15) is 0 Å². The van der Waals surface area contributed by atoms with E-state index in [1.165, 1.54) is 0 Å². The van der Waals surface area contributed by atoms with Crippen LogP contribution in [0.5, 0.6) is 0 Å². The lowest BCUT2D eigenvalue weighted by Crippen LogP contribution is -2.29. The average molecular weight is 332 g/mol. The van der Waals surface area contributed by atoms with Crippen LogP contribution in [-0.4, -0.2) is 33.7 Å². The van der Waals surface area contributed by atoms with E-state index < -0.39 is 0 Å². The molecule has 3 rings (SSSR count). The molecular formula is C18H22ClN3O. The molecule has 0 N–H and O–H groups in total. The van der Waals surface area contributed by atoms with Gasteiger partial charge in [0.2, 0.25) is 0 Å². The summed E-state index contributed by atoms with van der Waals surface area (Å²) in [7, 11) is 0. The van der Waals surface area contributed by atoms with Crippen molar-refractivity contribution in [3.63, 3.8) is 0 Å². The highest BCUT2D eigenvalue weighted by atomic mass is 35.5. The number of hydrogen-bond donors (Lipinski definition) is 0. The monoisotopic (exact) mass is 331 g/mol. The molecule has 1 amide bonds. The van der Waals surface area contributed by atoms with Gasteiger partial charge in [-0.05, 0) is 37.8 Å². The number of hydrogen-bond acceptors (Lipinski definition) is 2. The Morgan fingerprint density at radius 3 is 2.48 bits per heavy atom. The van der Waals surface area contributed by atoms with Crippen LogP contribution in [0.15, 0.2) is 24.3 Å². The van der Waals surface area contributed by atoms with Crippen molar-refractivity contribution in [2.45, 2.75) is 39.5 Å². The Bertz CT molecular complexity index is 730. The van der Waals surface area contributed by atoms with Gasteiger partial charge >= 0.3 is 0 Å². The van der Waals surface area contributed by atoms with Crippen molar-refractivity contribution in [1.82, 2.24) is 14.7 Å². The van der Waals surface area contributed by atoms with Gasteiger partial charge in [-0.1, -0.05) is 37.6 Å². The van der Waals surface area contributed by atoms with Crippen LogP contribution in [0.4, 0.5) is 0 Å². The highest BCUT2D eigenvalue weighted by molar-refractivity contribution is 6.32. The Balaban J connectivity index is 2.14. The van der Waals surface area contributed by atoms with Gasteiger partial charge in [-0.25, -0.2) is 4.68 Å². The van der Waals surface area contributed by atoms with Gasteiger partial charge in [0, 0.05) is 13.1 Å². The van der Waals surface area contributed by atoms with Gasteiger partial charge in [-0.2, -0.15) is 5.10 Å². The van der Waals surface area contributed by atoms with Crippen molar-refractivity contribution >= 4 is 17.5 Å². The summed E-state index contributed by atoms with van der Waals surface area (Å²) >= 11 is 6.35. The average Bonchev–Trinajstić information content (AvgIpc) is 3.14. The van der Waals surface area contributed by atoms with Crippen LogP contribution in [0.25, 0.3) is 5.69 Å². The fraction of sp³-hybridized carbons (Fsp3) is 0.444. The number of aromatic nitrogens is 2. The molecule has 2 heterocycles. The minimum atomic E-state index is 0.0991. The molecule has 1 aliphatic rings. The van der Waals surface area contributed by atoms with E-state index in [9.17, 15) is 4.79 Å². The van der Waals surface area contributed by atoms with Crippen molar-refractivity contribution in [2.75, 3.05) is 13.1 Å². The molecule has 1 aromatic heterocycles. The third kappa shape index (κ3) is 2.88. The molecule has 0 spiro atoms. The summed E-state index contributed by atoms with van der Waals surface area (Å²) in [5, 5.41) is 5.28. The first-order valence-electron chi connectivity index (χ1n) is 8.14. The van der Waals surface area contributed by atoms with E-state index in [4.69, 9.17) is 11.6 Å². The van der Waals surface area contributed by atoms with Crippen LogP contribution < -0.4 is 0 Å². The van der Waals surface area contributed by atoms with Crippen LogP contribution in [0.3, 0.4) is 0 Å². The number of rotatable bonds is 3. The standard InChI is InChI=1S/C18H22ClN3O/c1-12(2)17-16(18(23)21-10-6-7-11-21)13(3)20-22(17)15-9-5-4-8-14(15)19/h4-5,8-9,12H,6-7,10-11H2,1-3H3. The number of carbonyl (C=O) groups is 1. The lowest BCUT2D eigenvalue weighted by atomic mass is 10.0. The first-order chi connectivity index (χ1) is 11.0. The van der Waals surface area contributed by atoms with Crippen LogP contribution in [0.1, 0.15) is 54.4 Å². The molecule has 0 bridgehead atoms. The molecular weight excluding hydrogens is 310 g/mol. The molecule has 2 aromatic rings. The van der Waals surface area contributed by atoms with Crippen molar-refractivity contribution in [3.8, 4) is 5.69 Å². The van der Waals surface area contributed by atoms with E-state index in [1.54, 1.807) is 0 Å². The number of aryl methyl sites for hydroxylation is 1. The van der Waals surface area contributed by atoms with E-state index in [-0.39, 0.29) is 11.8 Å². The van der Waals surface area contributed by atoms with Crippen LogP contribution >= 0.6 is 11.6 Å². The largest absolute Gasteiger partial charge is 0.339 e. The number of halogens is 1. The quantitative estimate of drug-likeness (QED) is 0.845. The zero-order valence-electron chi connectivity index (χ0n) is 13.8. The maximum atomic E-state index is 13.0. The Labute approximate surface area is 142 Å². The molecule has 0 unspecified atom stereocenters. The van der Waals surface area contributed by atoms with E-state index in [0.717, 1.165) is 48.6 Å². The molecule has 1 fully saturated rings. The van der Waals surface area contributed by atoms with Gasteiger partial charge in [-0.3, -0.25) is 4.79 Å². The molecule has 0 radical (unpaired) electrons. The zero-order chi connectivity index (χ0) is 16.6. The number of likely N-dealkylation sites (tertiary alicyclic amines) is 1. The summed E-state index contributed by atoms with van der Waals surface area (Å²) < 4.78 is 1.84. The summed E-state index contributed by atoms with van der Waals surface area (Å²) in [6, 6.07) is 7.61. The molecule has 1 saturated heterocycles. The Hall–Kier alpha value is -1.81. The molecule has 1 aromatic carbocycles. The summed E-state index contributed by atoms with van der Waals surface area (Å²) in [5.74, 6) is 0.274. The first kappa shape index (κ1) is 16.1. The number of nitrogens with zero attached hydrogens (tertiary/aromatic N) is 3. The molecule has 4 nitrogen and oxygen atoms in total. The van der Waals surface area contributed by atoms with Crippen molar-refractivity contribution < 1.29 is 4.79 Å². The number of carbonyl (C=O) groups excluding carboxylic acids is 1. The minimum absolute atomic E-state index is 0.0991. The van der Waals surface area contributed by atoms with Crippen LogP contribution in [0, 0.1) is 6.92 Å². The fourth-order valence-electron chi connectivity index (χ4n) is 3.23. The molecule has 1 aliphatic heterocycles. The Morgan fingerprint density at radius 2 is 1.87 bits per heavy atom. The van der Waals surface area contributed by atoms with Gasteiger partial charge in [0.25, 0.3) is 5.91 Å². The first-order valence-corrected chi connectivity index (χ1v) is 8.52. The molecule has 122 valence electrons. The van der Waals surface area contributed by atoms with E-state index in [2.05, 4.69) is 18.9 Å². The second kappa shape index (κ2) is 6.36. The number of para-hydroxylation sites is 1. The number of amides is 1. The zero-order valence-corrected chi connectivity index (χ0v) is 14.6. The lowest BCUT2D eigenvalue weighted by Gasteiger charge is -2.18. The predicted octanol–water partition coefficient (Wildman–Crippen LogP) is 4.19. The van der Waals surface area contributed by atoms with Crippen molar-refractivity contribution in [2.24, 2.45) is 0 Å². The van der Waals surface area contributed by atoms with Crippen molar-refractivity contribution in [3.05, 3.63) is 46.2 Å². The predicted molar refractivity (Wildman–Crippen MR) is 92.5 cm³/mol. The Morgan fingerprint density at radius 1 is 1.22 bits per heavy atom. The normalized spacial score (nSPS) is 14.7. The summed E-state index contributed by atoms with van der Waals surface area (Å²) in [6.07, 6.45) is 2.17. The molecule has 5 heteroatoms. The third-order valence-corrected chi connectivity index (χ3v) is 4.65. The summed E-state index contributed by atoms with van der Waals surface area (Å²) in [6.45, 7) is 7.76. The molecule has 23 heavy (non-hydrogen) atoms. The SMILES string of the molecule is Cc1nn(-c2ccccc2Cl)c(C(C)C)c1C(=O)N1CCCC1. The third-order valence-electron chi connectivity index (χ3n) is 4.33. The van der Waals surface area contributed by atoms with E-state index >= 15 is 0 Å². The fourth-order valence-corrected chi connectivity index (χ4v) is 3.44. The lowest BCUT2D eigenvalue weighted by molar-refractivity contribution is 0.0790. The van der Waals surface area contributed by atoms with Crippen molar-refractivity contribution in [1.29, 1.82) is 0 Å². The minimum Gasteiger partial charge on any atom is -0.339 e. The second-order valence-corrected chi connectivity index (χ2v) is 6.77. The highest BCUT2D eigenvalue weighted by Gasteiger charge is 2.29. The van der Waals surface area contributed by atoms with Gasteiger partial charge < -0.3 is 4.90 Å². The topological polar surface area (TPSA) is 38.1 Å². The van der Waals surface area contributed by atoms with Crippen LogP contribution in [0.2, 0.25) is 5.02 Å². The Kier molecular flexibility index (Phi) is 4.44. The van der Waals surface area contributed by atoms with Gasteiger partial charge in [0.15, 0.2) is 0 Å². The molecule has 0 atom stereocenters.